The van der Waals surface area contributed by atoms with Crippen molar-refractivity contribution < 1.29 is 17.9 Å². The standard InChI is InChI=1S/C21H14F3N3O2/c22-21(23,24)14-6-7-16(18(10-14)29-12-13-4-2-1-3-5-13)19-15-8-9-25-11-17(15)20(28)27-26-19/h1-11H,12H2,(H,27,28). The molecule has 2 aromatic heterocycles. The molecular formula is C21H14F3N3O2. The number of alkyl halides is 3. The second kappa shape index (κ2) is 7.38. The molecule has 4 aromatic rings. The molecule has 0 unspecified atom stereocenters. The SMILES string of the molecule is O=c1[nH]nc(-c2ccc(C(F)(F)F)cc2OCc2ccccc2)c2ccncc12. The van der Waals surface area contributed by atoms with Crippen molar-refractivity contribution in [2.75, 3.05) is 0 Å². The molecule has 1 N–H and O–H groups in total. The average molecular weight is 397 g/mol. The first-order chi connectivity index (χ1) is 13.9. The summed E-state index contributed by atoms with van der Waals surface area (Å²) in [6.07, 6.45) is -1.65. The van der Waals surface area contributed by atoms with Crippen molar-refractivity contribution in [1.82, 2.24) is 15.2 Å². The van der Waals surface area contributed by atoms with Crippen molar-refractivity contribution in [3.63, 3.8) is 0 Å². The van der Waals surface area contributed by atoms with Crippen molar-refractivity contribution in [2.45, 2.75) is 12.8 Å². The number of aromatic nitrogens is 3. The van der Waals surface area contributed by atoms with Crippen molar-refractivity contribution >= 4 is 10.8 Å². The fourth-order valence-corrected chi connectivity index (χ4v) is 2.96. The maximum atomic E-state index is 13.2. The summed E-state index contributed by atoms with van der Waals surface area (Å²) in [6, 6.07) is 13.9. The summed E-state index contributed by atoms with van der Waals surface area (Å²) in [7, 11) is 0. The first-order valence-corrected chi connectivity index (χ1v) is 8.64. The van der Waals surface area contributed by atoms with E-state index in [2.05, 4.69) is 15.2 Å². The molecular weight excluding hydrogens is 383 g/mol. The number of halogens is 3. The van der Waals surface area contributed by atoms with E-state index in [4.69, 9.17) is 4.74 Å². The van der Waals surface area contributed by atoms with Gasteiger partial charge < -0.3 is 4.74 Å². The van der Waals surface area contributed by atoms with E-state index in [1.165, 1.54) is 18.5 Å². The van der Waals surface area contributed by atoms with Crippen LogP contribution in [0.3, 0.4) is 0 Å². The van der Waals surface area contributed by atoms with E-state index < -0.39 is 17.3 Å². The molecule has 0 fully saturated rings. The normalized spacial score (nSPS) is 11.6. The van der Waals surface area contributed by atoms with Gasteiger partial charge in [0.15, 0.2) is 0 Å². The van der Waals surface area contributed by atoms with Crippen LogP contribution in [0.25, 0.3) is 22.0 Å². The number of pyridine rings is 1. The summed E-state index contributed by atoms with van der Waals surface area (Å²) in [5, 5.41) is 7.17. The van der Waals surface area contributed by atoms with E-state index in [1.54, 1.807) is 6.07 Å². The first kappa shape index (κ1) is 18.7. The third-order valence-corrected chi connectivity index (χ3v) is 4.39. The van der Waals surface area contributed by atoms with Crippen LogP contribution in [0.4, 0.5) is 13.2 Å². The molecule has 2 aromatic carbocycles. The molecule has 0 atom stereocenters. The van der Waals surface area contributed by atoms with E-state index in [-0.39, 0.29) is 17.7 Å². The average Bonchev–Trinajstić information content (AvgIpc) is 2.73. The molecule has 0 aliphatic heterocycles. The van der Waals surface area contributed by atoms with Gasteiger partial charge in [-0.2, -0.15) is 18.3 Å². The highest BCUT2D eigenvalue weighted by atomic mass is 19.4. The maximum Gasteiger partial charge on any atom is 0.416 e. The number of nitrogens with one attached hydrogen (secondary N) is 1. The molecule has 146 valence electrons. The molecule has 2 heterocycles. The minimum absolute atomic E-state index is 0.0151. The molecule has 0 bridgehead atoms. The van der Waals surface area contributed by atoms with Gasteiger partial charge in [0.2, 0.25) is 0 Å². The lowest BCUT2D eigenvalue weighted by Gasteiger charge is -2.15. The fraction of sp³-hybridized carbons (Fsp3) is 0.0952. The quantitative estimate of drug-likeness (QED) is 0.547. The summed E-state index contributed by atoms with van der Waals surface area (Å²) in [5.41, 5.74) is 0.176. The smallest absolute Gasteiger partial charge is 0.416 e. The summed E-state index contributed by atoms with van der Waals surface area (Å²) >= 11 is 0. The number of hydrogen-bond donors (Lipinski definition) is 1. The van der Waals surface area contributed by atoms with Crippen LogP contribution in [0.2, 0.25) is 0 Å². The first-order valence-electron chi connectivity index (χ1n) is 8.64. The van der Waals surface area contributed by atoms with Gasteiger partial charge in [-0.05, 0) is 29.8 Å². The number of aromatic amines is 1. The minimum atomic E-state index is -4.52. The molecule has 0 aliphatic carbocycles. The number of nitrogens with zero attached hydrogens (tertiary/aromatic N) is 2. The van der Waals surface area contributed by atoms with Gasteiger partial charge in [-0.3, -0.25) is 9.78 Å². The highest BCUT2D eigenvalue weighted by molar-refractivity contribution is 5.94. The molecule has 8 heteroatoms. The van der Waals surface area contributed by atoms with Crippen LogP contribution in [0.15, 0.2) is 71.8 Å². The van der Waals surface area contributed by atoms with Gasteiger partial charge in [0.1, 0.15) is 18.1 Å². The van der Waals surface area contributed by atoms with Gasteiger partial charge in [0.05, 0.1) is 10.9 Å². The van der Waals surface area contributed by atoms with Gasteiger partial charge >= 0.3 is 6.18 Å². The number of ether oxygens (including phenoxy) is 1. The lowest BCUT2D eigenvalue weighted by atomic mass is 10.0. The molecule has 0 aliphatic rings. The Bertz CT molecular complexity index is 1220. The zero-order valence-electron chi connectivity index (χ0n) is 14.9. The topological polar surface area (TPSA) is 67.9 Å². The second-order valence-electron chi connectivity index (χ2n) is 6.31. The molecule has 29 heavy (non-hydrogen) atoms. The summed E-state index contributed by atoms with van der Waals surface area (Å²) in [5.74, 6) is 0.0151. The zero-order chi connectivity index (χ0) is 20.4. The van der Waals surface area contributed by atoms with Crippen molar-refractivity contribution in [3.05, 3.63) is 88.5 Å². The van der Waals surface area contributed by atoms with E-state index in [0.29, 0.717) is 16.6 Å². The number of rotatable bonds is 4. The van der Waals surface area contributed by atoms with E-state index in [1.807, 2.05) is 30.3 Å². The summed E-state index contributed by atoms with van der Waals surface area (Å²) in [4.78, 5) is 15.9. The molecule has 5 nitrogen and oxygen atoms in total. The predicted molar refractivity (Wildman–Crippen MR) is 101 cm³/mol. The van der Waals surface area contributed by atoms with Gasteiger partial charge in [-0.15, -0.1) is 0 Å². The highest BCUT2D eigenvalue weighted by Gasteiger charge is 2.31. The third-order valence-electron chi connectivity index (χ3n) is 4.39. The number of hydrogen-bond acceptors (Lipinski definition) is 4. The minimum Gasteiger partial charge on any atom is -0.488 e. The Labute approximate surface area is 162 Å². The second-order valence-corrected chi connectivity index (χ2v) is 6.31. The van der Waals surface area contributed by atoms with Gasteiger partial charge in [0, 0.05) is 23.3 Å². The van der Waals surface area contributed by atoms with Crippen LogP contribution in [0, 0.1) is 0 Å². The van der Waals surface area contributed by atoms with E-state index in [9.17, 15) is 18.0 Å². The fourth-order valence-electron chi connectivity index (χ4n) is 2.96. The van der Waals surface area contributed by atoms with Crippen LogP contribution in [0.1, 0.15) is 11.1 Å². The van der Waals surface area contributed by atoms with Crippen LogP contribution >= 0.6 is 0 Å². The van der Waals surface area contributed by atoms with E-state index in [0.717, 1.165) is 17.7 Å². The number of benzene rings is 2. The highest BCUT2D eigenvalue weighted by Crippen LogP contribution is 2.38. The van der Waals surface area contributed by atoms with E-state index >= 15 is 0 Å². The lowest BCUT2D eigenvalue weighted by Crippen LogP contribution is -2.11. The zero-order valence-corrected chi connectivity index (χ0v) is 14.9. The lowest BCUT2D eigenvalue weighted by molar-refractivity contribution is -0.137. The van der Waals surface area contributed by atoms with Gasteiger partial charge in [0.25, 0.3) is 5.56 Å². The predicted octanol–water partition coefficient (Wildman–Crippen LogP) is 4.58. The molecule has 4 rings (SSSR count). The van der Waals surface area contributed by atoms with Crippen LogP contribution < -0.4 is 10.3 Å². The number of H-pyrrole nitrogens is 1. The van der Waals surface area contributed by atoms with Crippen molar-refractivity contribution in [2.24, 2.45) is 0 Å². The van der Waals surface area contributed by atoms with Gasteiger partial charge in [-0.1, -0.05) is 30.3 Å². The maximum absolute atomic E-state index is 13.2. The largest absolute Gasteiger partial charge is 0.488 e. The monoisotopic (exact) mass is 397 g/mol. The Hall–Kier alpha value is -3.68. The Morgan fingerprint density at radius 2 is 1.79 bits per heavy atom. The third kappa shape index (κ3) is 3.82. The van der Waals surface area contributed by atoms with Crippen LogP contribution in [0.5, 0.6) is 5.75 Å². The molecule has 0 radical (unpaired) electrons. The Morgan fingerprint density at radius 1 is 1.00 bits per heavy atom. The van der Waals surface area contributed by atoms with Crippen LogP contribution in [-0.2, 0) is 12.8 Å². The van der Waals surface area contributed by atoms with Crippen LogP contribution in [-0.4, -0.2) is 15.2 Å². The van der Waals surface area contributed by atoms with Gasteiger partial charge in [-0.25, -0.2) is 5.10 Å². The molecule has 0 saturated heterocycles. The summed E-state index contributed by atoms with van der Waals surface area (Å²) < 4.78 is 45.5. The van der Waals surface area contributed by atoms with Crippen molar-refractivity contribution in [3.8, 4) is 17.0 Å². The Balaban J connectivity index is 1.85. The summed E-state index contributed by atoms with van der Waals surface area (Å²) in [6.45, 7) is 0.0813. The molecule has 0 amide bonds. The molecule has 0 spiro atoms. The van der Waals surface area contributed by atoms with Crippen molar-refractivity contribution in [1.29, 1.82) is 0 Å². The number of fused-ring (bicyclic) bond motifs is 1. The Kier molecular flexibility index (Phi) is 4.75. The Morgan fingerprint density at radius 3 is 2.55 bits per heavy atom. The molecule has 0 saturated carbocycles.